The summed E-state index contributed by atoms with van der Waals surface area (Å²) in [5.41, 5.74) is 3.06. The third-order valence-corrected chi connectivity index (χ3v) is 6.50. The van der Waals surface area contributed by atoms with Gasteiger partial charge in [-0.1, -0.05) is 50.0 Å². The molecular weight excluding hydrogens is 381 g/mol. The summed E-state index contributed by atoms with van der Waals surface area (Å²) < 4.78 is 40.6. The highest BCUT2D eigenvalue weighted by Crippen LogP contribution is 2.40. The zero-order chi connectivity index (χ0) is 21.3. The minimum absolute atomic E-state index is 0.300. The Labute approximate surface area is 176 Å². The summed E-state index contributed by atoms with van der Waals surface area (Å²) in [6.45, 7) is 2.24. The molecule has 0 nitrogen and oxygen atoms in total. The zero-order valence-electron chi connectivity index (χ0n) is 17.2. The molecule has 1 aliphatic rings. The molecule has 3 aromatic rings. The van der Waals surface area contributed by atoms with Crippen LogP contribution in [-0.2, 0) is 0 Å². The van der Waals surface area contributed by atoms with Crippen LogP contribution < -0.4 is 0 Å². The van der Waals surface area contributed by atoms with E-state index in [4.69, 9.17) is 6.42 Å². The topological polar surface area (TPSA) is 0 Å². The maximum atomic E-state index is 13.7. The van der Waals surface area contributed by atoms with Gasteiger partial charge in [0.05, 0.1) is 0 Å². The van der Waals surface area contributed by atoms with E-state index in [9.17, 15) is 13.2 Å². The molecule has 0 unspecified atom stereocenters. The standard InChI is InChI=1S/C27H25F3/c1-3-5-17-6-8-18(9-7-17)23-13-11-20-14-19(10-12-24(20)22(23)4-2)21-15-25(28)27(30)26(29)16-21/h2,10-18H,3,5-9H2,1H3/t17-,18-. The summed E-state index contributed by atoms with van der Waals surface area (Å²) in [6, 6.07) is 11.7. The normalized spacial score (nSPS) is 19.0. The van der Waals surface area contributed by atoms with E-state index in [1.165, 1.54) is 31.2 Å². The van der Waals surface area contributed by atoms with E-state index in [0.29, 0.717) is 17.0 Å². The van der Waals surface area contributed by atoms with Crippen LogP contribution in [0.1, 0.15) is 62.5 Å². The lowest BCUT2D eigenvalue weighted by Gasteiger charge is -2.29. The van der Waals surface area contributed by atoms with Gasteiger partial charge in [0.15, 0.2) is 17.5 Å². The van der Waals surface area contributed by atoms with E-state index in [-0.39, 0.29) is 0 Å². The van der Waals surface area contributed by atoms with Crippen LogP contribution in [0.5, 0.6) is 0 Å². The van der Waals surface area contributed by atoms with Crippen molar-refractivity contribution in [2.45, 2.75) is 51.4 Å². The summed E-state index contributed by atoms with van der Waals surface area (Å²) in [5, 5.41) is 1.88. The number of halogens is 3. The summed E-state index contributed by atoms with van der Waals surface area (Å²) in [7, 11) is 0. The van der Waals surface area contributed by atoms with Gasteiger partial charge in [-0.05, 0) is 83.2 Å². The average molecular weight is 406 g/mol. The van der Waals surface area contributed by atoms with E-state index < -0.39 is 17.5 Å². The van der Waals surface area contributed by atoms with Gasteiger partial charge < -0.3 is 0 Å². The molecule has 1 aliphatic carbocycles. The van der Waals surface area contributed by atoms with E-state index in [2.05, 4.69) is 18.9 Å². The molecule has 0 amide bonds. The predicted octanol–water partition coefficient (Wildman–Crippen LogP) is 7.98. The van der Waals surface area contributed by atoms with Crippen LogP contribution in [0.3, 0.4) is 0 Å². The van der Waals surface area contributed by atoms with Crippen molar-refractivity contribution >= 4 is 10.8 Å². The molecule has 0 aromatic heterocycles. The molecule has 0 atom stereocenters. The van der Waals surface area contributed by atoms with Gasteiger partial charge in [-0.25, -0.2) is 13.2 Å². The fraction of sp³-hybridized carbons (Fsp3) is 0.333. The Morgan fingerprint density at radius 3 is 2.23 bits per heavy atom. The average Bonchev–Trinajstić information content (AvgIpc) is 2.76. The van der Waals surface area contributed by atoms with E-state index in [1.54, 1.807) is 6.07 Å². The molecule has 1 saturated carbocycles. The summed E-state index contributed by atoms with van der Waals surface area (Å²) >= 11 is 0. The van der Waals surface area contributed by atoms with Crippen molar-refractivity contribution in [1.29, 1.82) is 0 Å². The lowest BCUT2D eigenvalue weighted by molar-refractivity contribution is 0.308. The van der Waals surface area contributed by atoms with Crippen molar-refractivity contribution < 1.29 is 13.2 Å². The van der Waals surface area contributed by atoms with Gasteiger partial charge in [-0.3, -0.25) is 0 Å². The largest absolute Gasteiger partial charge is 0.204 e. The number of fused-ring (bicyclic) bond motifs is 1. The highest BCUT2D eigenvalue weighted by molar-refractivity contribution is 5.92. The SMILES string of the molecule is C#Cc1c2ccc(-c3cc(F)c(F)c(F)c3)cc2ccc1[C@H]1CC[C@H](CCC)CC1. The molecule has 154 valence electrons. The Morgan fingerprint density at radius 1 is 0.900 bits per heavy atom. The van der Waals surface area contributed by atoms with Crippen LogP contribution in [0, 0.1) is 35.7 Å². The van der Waals surface area contributed by atoms with Crippen LogP contribution >= 0.6 is 0 Å². The first-order valence-electron chi connectivity index (χ1n) is 10.7. The zero-order valence-corrected chi connectivity index (χ0v) is 17.2. The first-order chi connectivity index (χ1) is 14.5. The van der Waals surface area contributed by atoms with Gasteiger partial charge in [0, 0.05) is 5.56 Å². The second kappa shape index (κ2) is 8.56. The Bertz CT molecular complexity index is 1090. The molecule has 4 rings (SSSR count). The van der Waals surface area contributed by atoms with Gasteiger partial charge in [0.1, 0.15) is 0 Å². The molecule has 30 heavy (non-hydrogen) atoms. The lowest BCUT2D eigenvalue weighted by atomic mass is 9.75. The molecule has 0 spiro atoms. The summed E-state index contributed by atoms with van der Waals surface area (Å²) in [4.78, 5) is 0. The second-order valence-corrected chi connectivity index (χ2v) is 8.37. The molecule has 0 heterocycles. The third-order valence-electron chi connectivity index (χ3n) is 6.50. The van der Waals surface area contributed by atoms with Crippen LogP contribution in [0.4, 0.5) is 13.2 Å². The smallest absolute Gasteiger partial charge is 0.194 e. The Hall–Kier alpha value is -2.73. The van der Waals surface area contributed by atoms with Crippen LogP contribution in [0.25, 0.3) is 21.9 Å². The fourth-order valence-electron chi connectivity index (χ4n) is 4.92. The highest BCUT2D eigenvalue weighted by Gasteiger charge is 2.24. The minimum Gasteiger partial charge on any atom is -0.204 e. The number of hydrogen-bond acceptors (Lipinski definition) is 0. The Kier molecular flexibility index (Phi) is 5.86. The Morgan fingerprint density at radius 2 is 1.60 bits per heavy atom. The first kappa shape index (κ1) is 20.5. The highest BCUT2D eigenvalue weighted by atomic mass is 19.2. The van der Waals surface area contributed by atoms with Crippen molar-refractivity contribution in [3.8, 4) is 23.5 Å². The summed E-state index contributed by atoms with van der Waals surface area (Å²) in [6.07, 6.45) is 13.3. The number of rotatable bonds is 4. The monoisotopic (exact) mass is 406 g/mol. The van der Waals surface area contributed by atoms with Gasteiger partial charge in [0.25, 0.3) is 0 Å². The molecule has 3 heteroatoms. The maximum absolute atomic E-state index is 13.7. The molecule has 3 aromatic carbocycles. The van der Waals surface area contributed by atoms with Crippen molar-refractivity contribution in [3.63, 3.8) is 0 Å². The number of hydrogen-bond donors (Lipinski definition) is 0. The van der Waals surface area contributed by atoms with Crippen LogP contribution in [0.15, 0.2) is 42.5 Å². The van der Waals surface area contributed by atoms with Gasteiger partial charge in [-0.2, -0.15) is 0 Å². The van der Waals surface area contributed by atoms with Gasteiger partial charge >= 0.3 is 0 Å². The number of terminal acetylenes is 1. The Balaban J connectivity index is 1.69. The molecule has 0 radical (unpaired) electrons. The third kappa shape index (κ3) is 3.84. The first-order valence-corrected chi connectivity index (χ1v) is 10.7. The maximum Gasteiger partial charge on any atom is 0.194 e. The molecule has 0 aliphatic heterocycles. The molecule has 1 fully saturated rings. The van der Waals surface area contributed by atoms with Crippen LogP contribution in [-0.4, -0.2) is 0 Å². The second-order valence-electron chi connectivity index (χ2n) is 8.37. The molecule has 0 N–H and O–H groups in total. The van der Waals surface area contributed by atoms with Crippen LogP contribution in [0.2, 0.25) is 0 Å². The quantitative estimate of drug-likeness (QED) is 0.304. The molecule has 0 bridgehead atoms. The summed E-state index contributed by atoms with van der Waals surface area (Å²) in [5.74, 6) is 0.367. The van der Waals surface area contributed by atoms with Crippen molar-refractivity contribution in [3.05, 3.63) is 71.0 Å². The van der Waals surface area contributed by atoms with Gasteiger partial charge in [0.2, 0.25) is 0 Å². The molecular formula is C27H25F3. The van der Waals surface area contributed by atoms with Crippen molar-refractivity contribution in [2.24, 2.45) is 5.92 Å². The van der Waals surface area contributed by atoms with E-state index in [1.807, 2.05) is 18.2 Å². The lowest BCUT2D eigenvalue weighted by Crippen LogP contribution is -2.14. The number of benzene rings is 3. The van der Waals surface area contributed by atoms with E-state index in [0.717, 1.165) is 47.2 Å². The van der Waals surface area contributed by atoms with E-state index >= 15 is 0 Å². The van der Waals surface area contributed by atoms with Crippen molar-refractivity contribution in [1.82, 2.24) is 0 Å². The fourth-order valence-corrected chi connectivity index (χ4v) is 4.92. The van der Waals surface area contributed by atoms with Gasteiger partial charge in [-0.15, -0.1) is 6.42 Å². The molecule has 0 saturated heterocycles. The van der Waals surface area contributed by atoms with Crippen molar-refractivity contribution in [2.75, 3.05) is 0 Å². The predicted molar refractivity (Wildman–Crippen MR) is 117 cm³/mol. The minimum atomic E-state index is -1.45.